The van der Waals surface area contributed by atoms with Gasteiger partial charge in [0.1, 0.15) is 5.75 Å². The summed E-state index contributed by atoms with van der Waals surface area (Å²) in [5, 5.41) is 12.9. The number of benzene rings is 2. The van der Waals surface area contributed by atoms with Crippen LogP contribution in [0.15, 0.2) is 65.7 Å². The van der Waals surface area contributed by atoms with Crippen LogP contribution >= 0.6 is 0 Å². The first-order valence-corrected chi connectivity index (χ1v) is 17.1. The SMILES string of the molecule is CCOc1ncccc1C1(NC(=O)C2CC3(C2)CN(C2CN(C)C2)C3)C(=O)N(S(=O)(=O)c2ccc(OC)cc2)c2ccc(C#N)cc21. The maximum Gasteiger partial charge on any atom is 0.276 e. The van der Waals surface area contributed by atoms with E-state index in [1.54, 1.807) is 19.1 Å². The van der Waals surface area contributed by atoms with Gasteiger partial charge in [-0.25, -0.2) is 13.4 Å². The van der Waals surface area contributed by atoms with Gasteiger partial charge >= 0.3 is 0 Å². The highest BCUT2D eigenvalue weighted by Crippen LogP contribution is 2.54. The molecule has 2 saturated heterocycles. The lowest BCUT2D eigenvalue weighted by Gasteiger charge is -2.62. The predicted molar refractivity (Wildman–Crippen MR) is 171 cm³/mol. The molecule has 47 heavy (non-hydrogen) atoms. The maximum absolute atomic E-state index is 15.0. The monoisotopic (exact) mass is 656 g/mol. The summed E-state index contributed by atoms with van der Waals surface area (Å²) in [5.74, 6) is -1.13. The molecule has 2 amide bonds. The van der Waals surface area contributed by atoms with Gasteiger partial charge in [0.25, 0.3) is 15.9 Å². The van der Waals surface area contributed by atoms with Gasteiger partial charge in [0.05, 0.1) is 41.5 Å². The highest BCUT2D eigenvalue weighted by Gasteiger charge is 2.61. The molecule has 12 nitrogen and oxygen atoms in total. The Morgan fingerprint density at radius 1 is 1.11 bits per heavy atom. The number of likely N-dealkylation sites (tertiary alicyclic amines) is 2. The Morgan fingerprint density at radius 3 is 2.47 bits per heavy atom. The smallest absolute Gasteiger partial charge is 0.276 e. The van der Waals surface area contributed by atoms with Gasteiger partial charge in [-0.3, -0.25) is 14.5 Å². The minimum atomic E-state index is -4.50. The summed E-state index contributed by atoms with van der Waals surface area (Å²) in [6.07, 6.45) is 2.85. The van der Waals surface area contributed by atoms with Crippen molar-refractivity contribution < 1.29 is 27.5 Å². The second-order valence-corrected chi connectivity index (χ2v) is 14.8. The fraction of sp³-hybridized carbons (Fsp3) is 0.412. The maximum atomic E-state index is 15.0. The number of fused-ring (bicyclic) bond motifs is 1. The van der Waals surface area contributed by atoms with E-state index in [1.165, 1.54) is 55.8 Å². The number of carbonyl (C=O) groups is 2. The summed E-state index contributed by atoms with van der Waals surface area (Å²) < 4.78 is 40.3. The number of nitrogens with zero attached hydrogens (tertiary/aromatic N) is 5. The molecule has 1 aromatic heterocycles. The molecule has 244 valence electrons. The molecule has 1 spiro atoms. The number of sulfonamides is 1. The van der Waals surface area contributed by atoms with Gasteiger partial charge in [0.2, 0.25) is 11.8 Å². The van der Waals surface area contributed by atoms with Crippen LogP contribution in [0.4, 0.5) is 5.69 Å². The first kappa shape index (κ1) is 31.1. The Hall–Kier alpha value is -4.51. The van der Waals surface area contributed by atoms with Crippen LogP contribution in [0.1, 0.15) is 36.5 Å². The topological polar surface area (TPSA) is 145 Å². The molecule has 3 aliphatic heterocycles. The van der Waals surface area contributed by atoms with Gasteiger partial charge in [-0.15, -0.1) is 0 Å². The Bertz CT molecular complexity index is 1890. The van der Waals surface area contributed by atoms with Crippen molar-refractivity contribution in [2.45, 2.75) is 36.2 Å². The van der Waals surface area contributed by atoms with Crippen LogP contribution in [-0.2, 0) is 25.2 Å². The average Bonchev–Trinajstić information content (AvgIpc) is 3.26. The minimum absolute atomic E-state index is 0.0293. The van der Waals surface area contributed by atoms with Gasteiger partial charge in [-0.2, -0.15) is 9.57 Å². The molecule has 0 radical (unpaired) electrons. The summed E-state index contributed by atoms with van der Waals surface area (Å²) in [7, 11) is -0.927. The molecule has 4 aliphatic rings. The van der Waals surface area contributed by atoms with E-state index in [9.17, 15) is 23.3 Å². The molecule has 3 fully saturated rings. The fourth-order valence-electron chi connectivity index (χ4n) is 7.61. The van der Waals surface area contributed by atoms with Crippen LogP contribution < -0.4 is 19.1 Å². The number of nitriles is 1. The van der Waals surface area contributed by atoms with Crippen LogP contribution in [0, 0.1) is 22.7 Å². The number of anilines is 1. The van der Waals surface area contributed by atoms with E-state index in [4.69, 9.17) is 9.47 Å². The number of aromatic nitrogens is 1. The van der Waals surface area contributed by atoms with E-state index in [0.717, 1.165) is 30.5 Å². The lowest BCUT2D eigenvalue weighted by Crippen LogP contribution is -2.71. The molecular formula is C34H36N6O6S. The van der Waals surface area contributed by atoms with Crippen molar-refractivity contribution in [1.29, 1.82) is 5.26 Å². The number of hydrogen-bond donors (Lipinski definition) is 1. The third kappa shape index (κ3) is 4.85. The van der Waals surface area contributed by atoms with Gasteiger partial charge in [0, 0.05) is 49.9 Å². The predicted octanol–water partition coefficient (Wildman–Crippen LogP) is 2.48. The zero-order chi connectivity index (χ0) is 33.1. The second-order valence-electron chi connectivity index (χ2n) is 13.0. The Kier molecular flexibility index (Phi) is 7.50. The number of amides is 2. The van der Waals surface area contributed by atoms with E-state index < -0.39 is 21.5 Å². The molecule has 7 rings (SSSR count). The molecule has 1 unspecified atom stereocenters. The van der Waals surface area contributed by atoms with Crippen molar-refractivity contribution in [2.24, 2.45) is 11.3 Å². The molecule has 2 aromatic carbocycles. The molecule has 1 N–H and O–H groups in total. The zero-order valence-corrected chi connectivity index (χ0v) is 27.3. The minimum Gasteiger partial charge on any atom is -0.497 e. The van der Waals surface area contributed by atoms with E-state index in [1.807, 2.05) is 0 Å². The summed E-state index contributed by atoms with van der Waals surface area (Å²) >= 11 is 0. The molecule has 0 bridgehead atoms. The van der Waals surface area contributed by atoms with Crippen LogP contribution in [-0.4, -0.2) is 88.0 Å². The molecule has 3 aromatic rings. The van der Waals surface area contributed by atoms with Crippen molar-refractivity contribution in [3.8, 4) is 17.7 Å². The number of rotatable bonds is 9. The number of ether oxygens (including phenoxy) is 2. The van der Waals surface area contributed by atoms with Crippen molar-refractivity contribution in [3.63, 3.8) is 0 Å². The number of nitrogens with one attached hydrogen (secondary N) is 1. The normalized spacial score (nSPS) is 22.5. The standard InChI is InChI=1S/C34H36N6O6S/c1-4-46-31-27(6-5-13-36-31)34(37-30(41)23-15-33(16-23)20-39(21-33)24-18-38(2)19-24)28-14-22(17-35)7-12-29(28)40(32(34)42)47(43,44)26-10-8-25(45-3)9-11-26/h5-14,23-24H,4,15-16,18-21H2,1-3H3,(H,37,41). The number of carbonyl (C=O) groups excluding carboxylic acids is 2. The van der Waals surface area contributed by atoms with Crippen molar-refractivity contribution >= 4 is 27.5 Å². The number of likely N-dealkylation sites (N-methyl/N-ethyl adjacent to an activating group) is 1. The summed E-state index contributed by atoms with van der Waals surface area (Å²) in [4.78, 5) is 38.1. The molecule has 4 heterocycles. The van der Waals surface area contributed by atoms with Crippen LogP contribution in [0.5, 0.6) is 11.6 Å². The molecule has 1 saturated carbocycles. The van der Waals surface area contributed by atoms with E-state index in [2.05, 4.69) is 33.2 Å². The number of pyridine rings is 1. The first-order valence-electron chi connectivity index (χ1n) is 15.7. The van der Waals surface area contributed by atoms with E-state index in [-0.39, 0.29) is 57.0 Å². The summed E-state index contributed by atoms with van der Waals surface area (Å²) in [6, 6.07) is 15.9. The highest BCUT2D eigenvalue weighted by atomic mass is 32.2. The Morgan fingerprint density at radius 2 is 1.83 bits per heavy atom. The third-order valence-corrected chi connectivity index (χ3v) is 11.7. The fourth-order valence-corrected chi connectivity index (χ4v) is 9.08. The summed E-state index contributed by atoms with van der Waals surface area (Å²) in [6.45, 7) is 5.96. The lowest BCUT2D eigenvalue weighted by atomic mass is 9.57. The number of methoxy groups -OCH3 is 1. The van der Waals surface area contributed by atoms with Crippen LogP contribution in [0.3, 0.4) is 0 Å². The van der Waals surface area contributed by atoms with Crippen molar-refractivity contribution in [1.82, 2.24) is 20.1 Å². The van der Waals surface area contributed by atoms with Crippen molar-refractivity contribution in [2.75, 3.05) is 51.2 Å². The van der Waals surface area contributed by atoms with E-state index in [0.29, 0.717) is 24.6 Å². The quantitative estimate of drug-likeness (QED) is 0.365. The molecule has 1 aliphatic carbocycles. The van der Waals surface area contributed by atoms with Gasteiger partial charge in [0.15, 0.2) is 5.54 Å². The number of hydrogen-bond acceptors (Lipinski definition) is 10. The molecule has 1 atom stereocenters. The lowest BCUT2D eigenvalue weighted by molar-refractivity contribution is -0.157. The molecule has 13 heteroatoms. The average molecular weight is 657 g/mol. The zero-order valence-electron chi connectivity index (χ0n) is 26.5. The van der Waals surface area contributed by atoms with Crippen LogP contribution in [0.2, 0.25) is 0 Å². The highest BCUT2D eigenvalue weighted by molar-refractivity contribution is 7.93. The van der Waals surface area contributed by atoms with Crippen LogP contribution in [0.25, 0.3) is 0 Å². The van der Waals surface area contributed by atoms with Gasteiger partial charge in [-0.05, 0) is 86.8 Å². The largest absolute Gasteiger partial charge is 0.497 e. The van der Waals surface area contributed by atoms with E-state index >= 15 is 0 Å². The van der Waals surface area contributed by atoms with Gasteiger partial charge in [-0.1, -0.05) is 0 Å². The Balaban J connectivity index is 1.29. The Labute approximate surface area is 273 Å². The van der Waals surface area contributed by atoms with Crippen molar-refractivity contribution in [3.05, 3.63) is 77.5 Å². The molecular weight excluding hydrogens is 620 g/mol. The van der Waals surface area contributed by atoms with Gasteiger partial charge < -0.3 is 19.7 Å². The second kappa shape index (κ2) is 11.3. The summed E-state index contributed by atoms with van der Waals surface area (Å²) in [5.41, 5.74) is -1.41. The third-order valence-electron chi connectivity index (χ3n) is 9.99. The first-order chi connectivity index (χ1) is 22.5.